The van der Waals surface area contributed by atoms with Gasteiger partial charge in [-0.25, -0.2) is 0 Å². The fraction of sp³-hybridized carbons (Fsp3) is 0.127. The average Bonchev–Trinajstić information content (AvgIpc) is 3.46. The molecule has 1 heterocycles. The van der Waals surface area contributed by atoms with Gasteiger partial charge in [0.25, 0.3) is 0 Å². The lowest BCUT2D eigenvalue weighted by atomic mass is 9.72. The number of fused-ring (bicyclic) bond motifs is 5. The molecular weight excluding hydrogens is 689 g/mol. The second-order valence-electron chi connectivity index (χ2n) is 16.0. The summed E-state index contributed by atoms with van der Waals surface area (Å²) in [7, 11) is 0. The number of rotatable bonds is 10. The molecule has 0 radical (unpaired) electrons. The van der Waals surface area contributed by atoms with Crippen LogP contribution >= 0.6 is 0 Å². The van der Waals surface area contributed by atoms with Crippen molar-refractivity contribution in [3.63, 3.8) is 0 Å². The number of para-hydroxylation sites is 2. The average molecular weight is 739 g/mol. The van der Waals surface area contributed by atoms with Crippen molar-refractivity contribution < 1.29 is 0 Å². The largest absolute Gasteiger partial charge is 0.317 e. The Labute approximate surface area is 339 Å². The van der Waals surface area contributed by atoms with Crippen LogP contribution in [0.5, 0.6) is 0 Å². The number of allylic oxidation sites excluding steroid dienone is 4. The Hall–Kier alpha value is -6.64. The van der Waals surface area contributed by atoms with E-state index in [9.17, 15) is 0 Å². The smallest absolute Gasteiger partial charge is 0.0503 e. The maximum absolute atomic E-state index is 4.16. The first kappa shape index (κ1) is 37.3. The lowest BCUT2D eigenvalue weighted by molar-refractivity contribution is 0.630. The molecule has 6 aromatic carbocycles. The van der Waals surface area contributed by atoms with Gasteiger partial charge >= 0.3 is 0 Å². The van der Waals surface area contributed by atoms with Crippen LogP contribution < -0.4 is 9.80 Å². The molecule has 57 heavy (non-hydrogen) atoms. The Balaban J connectivity index is 1.14. The third-order valence-electron chi connectivity index (χ3n) is 11.9. The summed E-state index contributed by atoms with van der Waals surface area (Å²) in [4.78, 5) is 4.57. The maximum atomic E-state index is 4.16. The van der Waals surface area contributed by atoms with Crippen molar-refractivity contribution in [1.82, 2.24) is 0 Å². The van der Waals surface area contributed by atoms with E-state index in [1.165, 1.54) is 55.9 Å². The molecule has 1 aliphatic heterocycles. The maximum Gasteiger partial charge on any atom is 0.0503 e. The summed E-state index contributed by atoms with van der Waals surface area (Å²) in [6, 6.07) is 46.7. The molecule has 2 aliphatic rings. The van der Waals surface area contributed by atoms with Crippen molar-refractivity contribution in [2.75, 3.05) is 9.80 Å². The fourth-order valence-corrected chi connectivity index (χ4v) is 8.84. The summed E-state index contributed by atoms with van der Waals surface area (Å²) < 4.78 is 0. The third-order valence-corrected chi connectivity index (χ3v) is 11.9. The molecule has 0 spiro atoms. The minimum atomic E-state index is -0.199. The SMILES string of the molecule is C=C/C=C(\C=C)N1c2ccccc2C(C)(C)c2cc(-c3ccc4c(c3)C(C)(C)c3cc(/C=C/N(c5ccccc5)c5ccc(/C=C\C)c(C=C)c5)ccc3-4)ccc21. The predicted octanol–water partition coefficient (Wildman–Crippen LogP) is 15.2. The molecule has 8 rings (SSSR count). The monoisotopic (exact) mass is 738 g/mol. The Morgan fingerprint density at radius 2 is 1.23 bits per heavy atom. The van der Waals surface area contributed by atoms with Crippen LogP contribution in [0.3, 0.4) is 0 Å². The van der Waals surface area contributed by atoms with Crippen LogP contribution in [0.15, 0.2) is 183 Å². The molecule has 0 aromatic heterocycles. The number of nitrogens with zero attached hydrogens (tertiary/aromatic N) is 2. The molecule has 1 aliphatic carbocycles. The molecule has 0 unspecified atom stereocenters. The van der Waals surface area contributed by atoms with Crippen LogP contribution in [0, 0.1) is 0 Å². The van der Waals surface area contributed by atoms with Crippen LogP contribution in [-0.2, 0) is 10.8 Å². The number of hydrogen-bond acceptors (Lipinski definition) is 2. The van der Waals surface area contributed by atoms with Crippen molar-refractivity contribution in [2.24, 2.45) is 0 Å². The van der Waals surface area contributed by atoms with Gasteiger partial charge in [-0.3, -0.25) is 0 Å². The van der Waals surface area contributed by atoms with E-state index in [2.05, 4.69) is 209 Å². The molecule has 0 atom stereocenters. The molecule has 6 aromatic rings. The molecule has 2 nitrogen and oxygen atoms in total. The predicted molar refractivity (Wildman–Crippen MR) is 247 cm³/mol. The van der Waals surface area contributed by atoms with Gasteiger partial charge < -0.3 is 9.80 Å². The summed E-state index contributed by atoms with van der Waals surface area (Å²) in [5.74, 6) is 0. The Bertz CT molecular complexity index is 2650. The van der Waals surface area contributed by atoms with Crippen molar-refractivity contribution >= 4 is 41.0 Å². The van der Waals surface area contributed by atoms with Crippen LogP contribution in [0.1, 0.15) is 73.6 Å². The zero-order valence-corrected chi connectivity index (χ0v) is 33.8. The molecule has 0 fully saturated rings. The van der Waals surface area contributed by atoms with E-state index in [1.54, 1.807) is 0 Å². The quantitative estimate of drug-likeness (QED) is 0.129. The summed E-state index contributed by atoms with van der Waals surface area (Å²) in [6.07, 6.45) is 16.3. The standard InChI is InChI=1S/C55H50N2/c1-9-18-40-25-28-45(35-39(40)11-3)56(44-20-14-13-15-21-44)33-32-38-24-29-46-47-30-26-41(36-50(47)55(7,8)49(46)34-38)42-27-31-53-51(37-42)54(5,6)48-22-16-17-23-52(48)57(53)43(12-4)19-10-2/h9-37H,2-4H2,1,5-8H3/b18-9-,33-32+,43-19+. The Morgan fingerprint density at radius 3 is 1.95 bits per heavy atom. The fourth-order valence-electron chi connectivity index (χ4n) is 8.84. The van der Waals surface area contributed by atoms with Gasteiger partial charge in [0.2, 0.25) is 0 Å². The Kier molecular flexibility index (Phi) is 9.67. The molecule has 0 N–H and O–H groups in total. The normalized spacial score (nSPS) is 14.8. The molecule has 0 saturated carbocycles. The van der Waals surface area contributed by atoms with Gasteiger partial charge in [-0.15, -0.1) is 0 Å². The molecule has 0 saturated heterocycles. The topological polar surface area (TPSA) is 6.48 Å². The second kappa shape index (κ2) is 14.8. The van der Waals surface area contributed by atoms with Crippen molar-refractivity contribution in [2.45, 2.75) is 45.4 Å². The third kappa shape index (κ3) is 6.42. The van der Waals surface area contributed by atoms with Crippen molar-refractivity contribution in [3.8, 4) is 22.3 Å². The van der Waals surface area contributed by atoms with E-state index in [0.29, 0.717) is 0 Å². The molecule has 0 amide bonds. The van der Waals surface area contributed by atoms with Gasteiger partial charge in [0, 0.05) is 34.1 Å². The summed E-state index contributed by atoms with van der Waals surface area (Å²) in [5.41, 5.74) is 18.9. The first-order valence-corrected chi connectivity index (χ1v) is 19.8. The van der Waals surface area contributed by atoms with E-state index >= 15 is 0 Å². The van der Waals surface area contributed by atoms with Crippen LogP contribution in [0.25, 0.3) is 40.5 Å². The summed E-state index contributed by atoms with van der Waals surface area (Å²) in [5, 5.41) is 0. The summed E-state index contributed by atoms with van der Waals surface area (Å²) in [6.45, 7) is 23.7. The zero-order valence-electron chi connectivity index (χ0n) is 33.8. The number of anilines is 4. The lowest BCUT2D eigenvalue weighted by Gasteiger charge is -2.42. The number of benzene rings is 6. The highest BCUT2D eigenvalue weighted by atomic mass is 15.2. The van der Waals surface area contributed by atoms with Crippen LogP contribution in [-0.4, -0.2) is 0 Å². The van der Waals surface area contributed by atoms with Crippen molar-refractivity contribution in [3.05, 3.63) is 222 Å². The van der Waals surface area contributed by atoms with Gasteiger partial charge in [-0.2, -0.15) is 0 Å². The molecule has 2 heteroatoms. The minimum absolute atomic E-state index is 0.178. The zero-order chi connectivity index (χ0) is 39.9. The molecular formula is C55H50N2. The highest BCUT2D eigenvalue weighted by Crippen LogP contribution is 2.53. The van der Waals surface area contributed by atoms with E-state index < -0.39 is 0 Å². The van der Waals surface area contributed by atoms with Gasteiger partial charge in [0.1, 0.15) is 0 Å². The van der Waals surface area contributed by atoms with Gasteiger partial charge in [-0.05, 0) is 135 Å². The van der Waals surface area contributed by atoms with Gasteiger partial charge in [0.15, 0.2) is 0 Å². The first-order chi connectivity index (χ1) is 27.6. The van der Waals surface area contributed by atoms with E-state index in [0.717, 1.165) is 33.8 Å². The highest BCUT2D eigenvalue weighted by Gasteiger charge is 2.38. The van der Waals surface area contributed by atoms with Gasteiger partial charge in [-0.1, -0.05) is 151 Å². The second-order valence-corrected chi connectivity index (χ2v) is 16.0. The summed E-state index contributed by atoms with van der Waals surface area (Å²) >= 11 is 0. The minimum Gasteiger partial charge on any atom is -0.317 e. The highest BCUT2D eigenvalue weighted by molar-refractivity contribution is 5.87. The first-order valence-electron chi connectivity index (χ1n) is 19.8. The van der Waals surface area contributed by atoms with Crippen LogP contribution in [0.2, 0.25) is 0 Å². The van der Waals surface area contributed by atoms with Crippen molar-refractivity contribution in [1.29, 1.82) is 0 Å². The number of hydrogen-bond donors (Lipinski definition) is 0. The van der Waals surface area contributed by atoms with E-state index in [1.807, 2.05) is 31.2 Å². The Morgan fingerprint density at radius 1 is 0.579 bits per heavy atom. The molecule has 0 bridgehead atoms. The van der Waals surface area contributed by atoms with E-state index in [-0.39, 0.29) is 10.8 Å². The van der Waals surface area contributed by atoms with E-state index in [4.69, 9.17) is 0 Å². The molecule has 280 valence electrons. The van der Waals surface area contributed by atoms with Crippen LogP contribution in [0.4, 0.5) is 22.7 Å². The lowest BCUT2D eigenvalue weighted by Crippen LogP contribution is -2.32. The van der Waals surface area contributed by atoms with Gasteiger partial charge in [0.05, 0.1) is 11.4 Å².